The summed E-state index contributed by atoms with van der Waals surface area (Å²) < 4.78 is 5.83. The third-order valence-corrected chi connectivity index (χ3v) is 4.31. The molecule has 0 aromatic rings. The van der Waals surface area contributed by atoms with E-state index in [4.69, 9.17) is 4.74 Å². The Kier molecular flexibility index (Phi) is 8.70. The molecule has 0 saturated heterocycles. The Bertz CT molecular complexity index is 196. The van der Waals surface area contributed by atoms with Gasteiger partial charge in [0.25, 0.3) is 0 Å². The second-order valence-corrected chi connectivity index (χ2v) is 5.75. The Morgan fingerprint density at radius 1 is 1.11 bits per heavy atom. The average Bonchev–Trinajstić information content (AvgIpc) is 2.42. The van der Waals surface area contributed by atoms with Crippen molar-refractivity contribution in [2.45, 2.75) is 71.8 Å². The summed E-state index contributed by atoms with van der Waals surface area (Å²) in [6, 6.07) is 0.585. The van der Waals surface area contributed by atoms with Crippen LogP contribution >= 0.6 is 0 Å². The highest BCUT2D eigenvalue weighted by Crippen LogP contribution is 2.34. The molecule has 108 valence electrons. The van der Waals surface area contributed by atoms with Gasteiger partial charge in [0.1, 0.15) is 0 Å². The zero-order valence-electron chi connectivity index (χ0n) is 12.7. The van der Waals surface area contributed by atoms with Crippen molar-refractivity contribution in [1.29, 1.82) is 0 Å². The molecule has 18 heavy (non-hydrogen) atoms. The summed E-state index contributed by atoms with van der Waals surface area (Å²) >= 11 is 0. The second-order valence-electron chi connectivity index (χ2n) is 5.75. The van der Waals surface area contributed by atoms with Gasteiger partial charge in [0.2, 0.25) is 0 Å². The molecule has 3 atom stereocenters. The first-order valence-electron chi connectivity index (χ1n) is 8.14. The molecule has 2 heteroatoms. The molecule has 3 unspecified atom stereocenters. The maximum atomic E-state index is 5.83. The molecule has 1 fully saturated rings. The summed E-state index contributed by atoms with van der Waals surface area (Å²) in [5, 5.41) is 3.74. The van der Waals surface area contributed by atoms with Gasteiger partial charge < -0.3 is 10.1 Å². The van der Waals surface area contributed by atoms with Gasteiger partial charge in [0, 0.05) is 12.6 Å². The topological polar surface area (TPSA) is 21.3 Å². The lowest BCUT2D eigenvalue weighted by atomic mass is 9.74. The van der Waals surface area contributed by atoms with E-state index in [-0.39, 0.29) is 0 Å². The van der Waals surface area contributed by atoms with Crippen LogP contribution in [0.1, 0.15) is 65.7 Å². The summed E-state index contributed by atoms with van der Waals surface area (Å²) in [6.07, 6.45) is 9.36. The molecule has 0 spiro atoms. The van der Waals surface area contributed by atoms with Crippen LogP contribution in [0.25, 0.3) is 0 Å². The molecular weight excluding hydrogens is 222 g/mol. The molecule has 0 bridgehead atoms. The highest BCUT2D eigenvalue weighted by molar-refractivity contribution is 4.84. The molecule has 0 aromatic heterocycles. The summed E-state index contributed by atoms with van der Waals surface area (Å²) in [4.78, 5) is 0. The third kappa shape index (κ3) is 5.27. The standard InChI is InChI=1S/C16H33NO/c1-4-11-17-16(13-18-12-5-2)15-10-8-7-9-14(15)6-3/h14-17H,4-13H2,1-3H3. The molecule has 1 aliphatic carbocycles. The molecule has 0 aliphatic heterocycles. The summed E-state index contributed by atoms with van der Waals surface area (Å²) in [6.45, 7) is 9.74. The smallest absolute Gasteiger partial charge is 0.0622 e. The molecule has 0 amide bonds. The summed E-state index contributed by atoms with van der Waals surface area (Å²) in [7, 11) is 0. The molecule has 2 nitrogen and oxygen atoms in total. The quantitative estimate of drug-likeness (QED) is 0.629. The van der Waals surface area contributed by atoms with Gasteiger partial charge in [-0.15, -0.1) is 0 Å². The summed E-state index contributed by atoms with van der Waals surface area (Å²) in [5.41, 5.74) is 0. The van der Waals surface area contributed by atoms with Gasteiger partial charge in [-0.3, -0.25) is 0 Å². The van der Waals surface area contributed by atoms with Crippen LogP contribution < -0.4 is 5.32 Å². The Labute approximate surface area is 114 Å². The second kappa shape index (κ2) is 9.80. The van der Waals surface area contributed by atoms with Crippen LogP contribution in [0, 0.1) is 11.8 Å². The zero-order chi connectivity index (χ0) is 13.2. The van der Waals surface area contributed by atoms with Crippen molar-refractivity contribution in [3.05, 3.63) is 0 Å². The van der Waals surface area contributed by atoms with Crippen LogP contribution in [0.5, 0.6) is 0 Å². The Hall–Kier alpha value is -0.0800. The van der Waals surface area contributed by atoms with Crippen LogP contribution in [-0.4, -0.2) is 25.8 Å². The molecule has 1 N–H and O–H groups in total. The number of rotatable bonds is 9. The van der Waals surface area contributed by atoms with E-state index in [1.165, 1.54) is 38.5 Å². The van der Waals surface area contributed by atoms with Gasteiger partial charge in [0.15, 0.2) is 0 Å². The highest BCUT2D eigenvalue weighted by Gasteiger charge is 2.30. The first-order chi connectivity index (χ1) is 8.83. The van der Waals surface area contributed by atoms with Crippen LogP contribution in [0.3, 0.4) is 0 Å². The van der Waals surface area contributed by atoms with E-state index in [0.717, 1.165) is 38.0 Å². The van der Waals surface area contributed by atoms with Crippen molar-refractivity contribution >= 4 is 0 Å². The number of hydrogen-bond donors (Lipinski definition) is 1. The molecular formula is C16H33NO. The van der Waals surface area contributed by atoms with Crippen molar-refractivity contribution in [1.82, 2.24) is 5.32 Å². The van der Waals surface area contributed by atoms with E-state index >= 15 is 0 Å². The Balaban J connectivity index is 2.48. The van der Waals surface area contributed by atoms with Crippen molar-refractivity contribution in [3.8, 4) is 0 Å². The molecule has 1 aliphatic rings. The summed E-state index contributed by atoms with van der Waals surface area (Å²) in [5.74, 6) is 1.76. The van der Waals surface area contributed by atoms with E-state index in [9.17, 15) is 0 Å². The molecule has 0 aromatic carbocycles. The Morgan fingerprint density at radius 3 is 2.56 bits per heavy atom. The van der Waals surface area contributed by atoms with E-state index in [0.29, 0.717) is 6.04 Å². The van der Waals surface area contributed by atoms with E-state index in [2.05, 4.69) is 26.1 Å². The van der Waals surface area contributed by atoms with Crippen molar-refractivity contribution < 1.29 is 4.74 Å². The van der Waals surface area contributed by atoms with Crippen molar-refractivity contribution in [2.75, 3.05) is 19.8 Å². The minimum absolute atomic E-state index is 0.585. The minimum atomic E-state index is 0.585. The van der Waals surface area contributed by atoms with Gasteiger partial charge in [-0.1, -0.05) is 46.5 Å². The van der Waals surface area contributed by atoms with E-state index < -0.39 is 0 Å². The van der Waals surface area contributed by atoms with Crippen LogP contribution in [0.4, 0.5) is 0 Å². The first-order valence-corrected chi connectivity index (χ1v) is 8.14. The first kappa shape index (κ1) is 16.0. The van der Waals surface area contributed by atoms with Crippen LogP contribution in [0.15, 0.2) is 0 Å². The van der Waals surface area contributed by atoms with Crippen LogP contribution in [-0.2, 0) is 4.74 Å². The number of hydrogen-bond acceptors (Lipinski definition) is 2. The monoisotopic (exact) mass is 255 g/mol. The average molecular weight is 255 g/mol. The maximum absolute atomic E-state index is 5.83. The van der Waals surface area contributed by atoms with E-state index in [1.54, 1.807) is 0 Å². The van der Waals surface area contributed by atoms with Crippen LogP contribution in [0.2, 0.25) is 0 Å². The predicted molar refractivity (Wildman–Crippen MR) is 78.9 cm³/mol. The number of ether oxygens (including phenoxy) is 1. The highest BCUT2D eigenvalue weighted by atomic mass is 16.5. The molecule has 1 rings (SSSR count). The molecule has 1 saturated carbocycles. The fourth-order valence-corrected chi connectivity index (χ4v) is 3.29. The van der Waals surface area contributed by atoms with Gasteiger partial charge in [-0.25, -0.2) is 0 Å². The normalized spacial score (nSPS) is 26.2. The predicted octanol–water partition coefficient (Wildman–Crippen LogP) is 4.00. The lowest BCUT2D eigenvalue weighted by Crippen LogP contribution is -2.44. The fraction of sp³-hybridized carbons (Fsp3) is 1.00. The van der Waals surface area contributed by atoms with Gasteiger partial charge >= 0.3 is 0 Å². The fourth-order valence-electron chi connectivity index (χ4n) is 3.29. The lowest BCUT2D eigenvalue weighted by molar-refractivity contribution is 0.0656. The minimum Gasteiger partial charge on any atom is -0.380 e. The molecule has 0 heterocycles. The Morgan fingerprint density at radius 2 is 1.89 bits per heavy atom. The zero-order valence-corrected chi connectivity index (χ0v) is 12.7. The SMILES string of the molecule is CCCNC(COCCC)C1CCCCC1CC. The van der Waals surface area contributed by atoms with Crippen molar-refractivity contribution in [3.63, 3.8) is 0 Å². The van der Waals surface area contributed by atoms with Gasteiger partial charge in [-0.05, 0) is 37.6 Å². The maximum Gasteiger partial charge on any atom is 0.0622 e. The lowest BCUT2D eigenvalue weighted by Gasteiger charge is -2.37. The van der Waals surface area contributed by atoms with Gasteiger partial charge in [-0.2, -0.15) is 0 Å². The van der Waals surface area contributed by atoms with E-state index in [1.807, 2.05) is 0 Å². The number of nitrogens with one attached hydrogen (secondary N) is 1. The third-order valence-electron chi connectivity index (χ3n) is 4.31. The molecule has 0 radical (unpaired) electrons. The van der Waals surface area contributed by atoms with Crippen molar-refractivity contribution in [2.24, 2.45) is 11.8 Å². The largest absolute Gasteiger partial charge is 0.380 e. The van der Waals surface area contributed by atoms with Gasteiger partial charge in [0.05, 0.1) is 6.61 Å².